The number of aliphatic hydroxyl groups excluding tert-OH is 1. The lowest BCUT2D eigenvalue weighted by atomic mass is 10.1. The van der Waals surface area contributed by atoms with Crippen LogP contribution in [0.4, 0.5) is 0 Å². The summed E-state index contributed by atoms with van der Waals surface area (Å²) in [7, 11) is -2.94. The van der Waals surface area contributed by atoms with E-state index in [2.05, 4.69) is 0 Å². The lowest BCUT2D eigenvalue weighted by Gasteiger charge is -2.07. The second kappa shape index (κ2) is 2.48. The molecule has 2 atom stereocenters. The highest BCUT2D eigenvalue weighted by Crippen LogP contribution is 2.16. The maximum atomic E-state index is 10.8. The first-order chi connectivity index (χ1) is 4.55. The molecule has 0 aromatic carbocycles. The van der Waals surface area contributed by atoms with Crippen molar-refractivity contribution in [2.75, 3.05) is 18.1 Å². The van der Waals surface area contributed by atoms with Crippen molar-refractivity contribution in [2.45, 2.75) is 6.04 Å². The summed E-state index contributed by atoms with van der Waals surface area (Å²) < 4.78 is 21.6. The molecule has 1 heterocycles. The highest BCUT2D eigenvalue weighted by atomic mass is 32.2. The van der Waals surface area contributed by atoms with Gasteiger partial charge in [-0.05, 0) is 0 Å². The topological polar surface area (TPSA) is 80.4 Å². The predicted octanol–water partition coefficient (Wildman–Crippen LogP) is -1.65. The van der Waals surface area contributed by atoms with Gasteiger partial charge in [-0.1, -0.05) is 0 Å². The average Bonchev–Trinajstić information content (AvgIpc) is 2.05. The van der Waals surface area contributed by atoms with Crippen LogP contribution < -0.4 is 5.73 Å². The van der Waals surface area contributed by atoms with Gasteiger partial charge in [-0.25, -0.2) is 8.42 Å². The summed E-state index contributed by atoms with van der Waals surface area (Å²) in [5, 5.41) is 8.62. The standard InChI is InChI=1S/C5H11NO3S/c6-5-3-10(8,9)2-4(5)1-7/h4-5,7H,1-3,6H2. The summed E-state index contributed by atoms with van der Waals surface area (Å²) in [6.07, 6.45) is 0. The summed E-state index contributed by atoms with van der Waals surface area (Å²) >= 11 is 0. The average molecular weight is 165 g/mol. The highest BCUT2D eigenvalue weighted by Gasteiger charge is 2.34. The number of sulfone groups is 1. The van der Waals surface area contributed by atoms with Crippen molar-refractivity contribution >= 4 is 9.84 Å². The highest BCUT2D eigenvalue weighted by molar-refractivity contribution is 7.91. The molecule has 0 spiro atoms. The molecule has 0 aromatic rings. The summed E-state index contributed by atoms with van der Waals surface area (Å²) in [6.45, 7) is -0.125. The van der Waals surface area contributed by atoms with Gasteiger partial charge in [0.2, 0.25) is 0 Å². The van der Waals surface area contributed by atoms with E-state index < -0.39 is 9.84 Å². The van der Waals surface area contributed by atoms with Crippen LogP contribution in [0.25, 0.3) is 0 Å². The van der Waals surface area contributed by atoms with Crippen molar-refractivity contribution in [2.24, 2.45) is 11.7 Å². The minimum absolute atomic E-state index is 0.0260. The molecule has 0 saturated carbocycles. The molecule has 3 N–H and O–H groups in total. The Labute approximate surface area is 60.0 Å². The van der Waals surface area contributed by atoms with E-state index in [1.54, 1.807) is 0 Å². The molecule has 1 aliphatic heterocycles. The fraction of sp³-hybridized carbons (Fsp3) is 1.00. The summed E-state index contributed by atoms with van der Waals surface area (Å²) in [4.78, 5) is 0. The number of aliphatic hydroxyl groups is 1. The van der Waals surface area contributed by atoms with Gasteiger partial charge in [0.05, 0.1) is 11.5 Å². The second-order valence-corrected chi connectivity index (χ2v) is 4.84. The zero-order chi connectivity index (χ0) is 7.78. The van der Waals surface area contributed by atoms with Gasteiger partial charge in [0.15, 0.2) is 9.84 Å². The molecule has 1 saturated heterocycles. The van der Waals surface area contributed by atoms with E-state index in [1.807, 2.05) is 0 Å². The van der Waals surface area contributed by atoms with Gasteiger partial charge in [0.25, 0.3) is 0 Å². The molecule has 0 radical (unpaired) electrons. The fourth-order valence-electron chi connectivity index (χ4n) is 1.14. The second-order valence-electron chi connectivity index (χ2n) is 2.68. The molecule has 10 heavy (non-hydrogen) atoms. The van der Waals surface area contributed by atoms with Crippen LogP contribution in [0.5, 0.6) is 0 Å². The maximum Gasteiger partial charge on any atom is 0.152 e. The minimum atomic E-state index is -2.94. The molecular weight excluding hydrogens is 154 g/mol. The third-order valence-electron chi connectivity index (χ3n) is 1.75. The first-order valence-corrected chi connectivity index (χ1v) is 4.94. The van der Waals surface area contributed by atoms with Crippen molar-refractivity contribution in [1.82, 2.24) is 0 Å². The van der Waals surface area contributed by atoms with Crippen LogP contribution in [-0.2, 0) is 9.84 Å². The largest absolute Gasteiger partial charge is 0.396 e. The summed E-state index contributed by atoms with van der Waals surface area (Å²) in [6, 6.07) is -0.366. The number of nitrogens with two attached hydrogens (primary N) is 1. The zero-order valence-corrected chi connectivity index (χ0v) is 6.34. The Balaban J connectivity index is 2.71. The Bertz CT molecular complexity index is 211. The Hall–Kier alpha value is -0.130. The van der Waals surface area contributed by atoms with Crippen molar-refractivity contribution in [3.63, 3.8) is 0 Å². The van der Waals surface area contributed by atoms with Gasteiger partial charge in [-0.3, -0.25) is 0 Å². The SMILES string of the molecule is NC1CS(=O)(=O)CC1CO. The van der Waals surface area contributed by atoms with Crippen LogP contribution in [0.15, 0.2) is 0 Å². The lowest BCUT2D eigenvalue weighted by molar-refractivity contribution is 0.229. The number of hydrogen-bond acceptors (Lipinski definition) is 4. The quantitative estimate of drug-likeness (QED) is 0.488. The van der Waals surface area contributed by atoms with E-state index in [9.17, 15) is 8.42 Å². The molecular formula is C5H11NO3S. The van der Waals surface area contributed by atoms with Gasteiger partial charge in [-0.2, -0.15) is 0 Å². The van der Waals surface area contributed by atoms with Gasteiger partial charge in [0, 0.05) is 18.6 Å². The van der Waals surface area contributed by atoms with E-state index in [1.165, 1.54) is 0 Å². The Kier molecular flexibility index (Phi) is 1.98. The maximum absolute atomic E-state index is 10.8. The molecule has 4 nitrogen and oxygen atoms in total. The fourth-order valence-corrected chi connectivity index (χ4v) is 3.13. The van der Waals surface area contributed by atoms with E-state index >= 15 is 0 Å². The Morgan fingerprint density at radius 3 is 2.30 bits per heavy atom. The van der Waals surface area contributed by atoms with E-state index in [4.69, 9.17) is 10.8 Å². The van der Waals surface area contributed by atoms with Crippen molar-refractivity contribution in [3.8, 4) is 0 Å². The molecule has 2 unspecified atom stereocenters. The third-order valence-corrected chi connectivity index (χ3v) is 3.58. The smallest absolute Gasteiger partial charge is 0.152 e. The summed E-state index contributed by atoms with van der Waals surface area (Å²) in [5.41, 5.74) is 5.43. The monoisotopic (exact) mass is 165 g/mol. The van der Waals surface area contributed by atoms with Crippen LogP contribution >= 0.6 is 0 Å². The Morgan fingerprint density at radius 2 is 2.10 bits per heavy atom. The van der Waals surface area contributed by atoms with E-state index in [0.717, 1.165) is 0 Å². The Morgan fingerprint density at radius 1 is 1.50 bits per heavy atom. The molecule has 1 fully saturated rings. The predicted molar refractivity (Wildman–Crippen MR) is 37.2 cm³/mol. The van der Waals surface area contributed by atoms with Gasteiger partial charge >= 0.3 is 0 Å². The van der Waals surface area contributed by atoms with E-state index in [-0.39, 0.29) is 30.1 Å². The normalized spacial score (nSPS) is 38.2. The number of rotatable bonds is 1. The molecule has 5 heteroatoms. The van der Waals surface area contributed by atoms with Crippen LogP contribution in [0.1, 0.15) is 0 Å². The van der Waals surface area contributed by atoms with Gasteiger partial charge < -0.3 is 10.8 Å². The minimum Gasteiger partial charge on any atom is -0.396 e. The van der Waals surface area contributed by atoms with Crippen LogP contribution in [-0.4, -0.2) is 37.7 Å². The van der Waals surface area contributed by atoms with Crippen molar-refractivity contribution in [3.05, 3.63) is 0 Å². The molecule has 60 valence electrons. The molecule has 0 aromatic heterocycles. The zero-order valence-electron chi connectivity index (χ0n) is 5.53. The lowest BCUT2D eigenvalue weighted by Crippen LogP contribution is -2.30. The molecule has 0 amide bonds. The van der Waals surface area contributed by atoms with Crippen molar-refractivity contribution < 1.29 is 13.5 Å². The van der Waals surface area contributed by atoms with Crippen LogP contribution in [0.2, 0.25) is 0 Å². The molecule has 1 rings (SSSR count). The van der Waals surface area contributed by atoms with Gasteiger partial charge in [0.1, 0.15) is 0 Å². The first kappa shape index (κ1) is 7.97. The summed E-state index contributed by atoms with van der Waals surface area (Å²) in [5.74, 6) is -0.173. The molecule has 0 aliphatic carbocycles. The first-order valence-electron chi connectivity index (χ1n) is 3.12. The van der Waals surface area contributed by atoms with Crippen molar-refractivity contribution in [1.29, 1.82) is 0 Å². The molecule has 0 bridgehead atoms. The van der Waals surface area contributed by atoms with E-state index in [0.29, 0.717) is 0 Å². The molecule has 1 aliphatic rings. The van der Waals surface area contributed by atoms with Crippen LogP contribution in [0.3, 0.4) is 0 Å². The number of hydrogen-bond donors (Lipinski definition) is 2. The third kappa shape index (κ3) is 1.47. The van der Waals surface area contributed by atoms with Gasteiger partial charge in [-0.15, -0.1) is 0 Å². The van der Waals surface area contributed by atoms with Crippen LogP contribution in [0, 0.1) is 5.92 Å².